The molecule has 28 heavy (non-hydrogen) atoms. The molecule has 1 heterocycles. The molecule has 2 aromatic carbocycles. The zero-order valence-electron chi connectivity index (χ0n) is 15.3. The number of nitro groups is 1. The Balaban J connectivity index is 1.57. The van der Waals surface area contributed by atoms with Gasteiger partial charge in [0.25, 0.3) is 5.69 Å². The van der Waals surface area contributed by atoms with Crippen molar-refractivity contribution in [1.29, 1.82) is 0 Å². The van der Waals surface area contributed by atoms with Gasteiger partial charge in [-0.3, -0.25) is 14.9 Å². The van der Waals surface area contributed by atoms with E-state index in [9.17, 15) is 14.9 Å². The first-order chi connectivity index (χ1) is 13.5. The Morgan fingerprint density at radius 3 is 2.86 bits per heavy atom. The molecule has 1 amide bonds. The summed E-state index contributed by atoms with van der Waals surface area (Å²) in [4.78, 5) is 22.6. The Kier molecular flexibility index (Phi) is 6.23. The molecule has 8 heteroatoms. The first-order valence-corrected chi connectivity index (χ1v) is 8.70. The molecule has 1 aliphatic heterocycles. The van der Waals surface area contributed by atoms with Crippen molar-refractivity contribution in [2.75, 3.05) is 19.9 Å². The van der Waals surface area contributed by atoms with Crippen molar-refractivity contribution in [3.8, 4) is 11.5 Å². The Labute approximate surface area is 161 Å². The molecule has 8 nitrogen and oxygen atoms in total. The Bertz CT molecular complexity index is 892. The number of hydrogen-bond donors (Lipinski definition) is 1. The van der Waals surface area contributed by atoms with Crippen molar-refractivity contribution in [3.63, 3.8) is 0 Å². The molecule has 1 N–H and O–H groups in total. The summed E-state index contributed by atoms with van der Waals surface area (Å²) in [5.74, 6) is 0.890. The zero-order valence-corrected chi connectivity index (χ0v) is 15.3. The van der Waals surface area contributed by atoms with Gasteiger partial charge in [-0.15, -0.1) is 0 Å². The van der Waals surface area contributed by atoms with Crippen molar-refractivity contribution in [2.45, 2.75) is 13.5 Å². The number of fused-ring (bicyclic) bond motifs is 1. The molecular weight excluding hydrogens is 364 g/mol. The molecule has 1 aliphatic rings. The van der Waals surface area contributed by atoms with Gasteiger partial charge in [0.2, 0.25) is 5.91 Å². The molecule has 0 fully saturated rings. The predicted octanol–water partition coefficient (Wildman–Crippen LogP) is 2.98. The standard InChI is InChI=1S/C20H20N2O6/c1-14-2-5-18(6-3-14)27-9-8-21-19(23)7-4-15-10-17(22(24)25)11-16-12-26-13-28-20(15)16/h2-7,10-11H,8-9,12-13H2,1H3,(H,21,23)/b7-4+. The van der Waals surface area contributed by atoms with Gasteiger partial charge in [-0.2, -0.15) is 0 Å². The molecule has 3 rings (SSSR count). The smallest absolute Gasteiger partial charge is 0.270 e. The van der Waals surface area contributed by atoms with E-state index in [2.05, 4.69) is 5.32 Å². The largest absolute Gasteiger partial charge is 0.492 e. The number of hydrogen-bond acceptors (Lipinski definition) is 6. The number of carbonyl (C=O) groups is 1. The monoisotopic (exact) mass is 384 g/mol. The molecule has 0 unspecified atom stereocenters. The maximum Gasteiger partial charge on any atom is 0.270 e. The van der Waals surface area contributed by atoms with Gasteiger partial charge in [-0.05, 0) is 25.1 Å². The van der Waals surface area contributed by atoms with Crippen LogP contribution >= 0.6 is 0 Å². The maximum absolute atomic E-state index is 12.0. The van der Waals surface area contributed by atoms with Crippen LogP contribution in [0, 0.1) is 17.0 Å². The average Bonchev–Trinajstić information content (AvgIpc) is 2.70. The molecule has 0 saturated carbocycles. The van der Waals surface area contributed by atoms with E-state index in [4.69, 9.17) is 14.2 Å². The second-order valence-corrected chi connectivity index (χ2v) is 6.18. The summed E-state index contributed by atoms with van der Waals surface area (Å²) in [5.41, 5.74) is 2.09. The topological polar surface area (TPSA) is 99.9 Å². The van der Waals surface area contributed by atoms with E-state index in [1.165, 1.54) is 24.3 Å². The lowest BCUT2D eigenvalue weighted by Crippen LogP contribution is -2.26. The third kappa shape index (κ3) is 5.08. The Hall–Kier alpha value is -3.39. The molecule has 146 valence electrons. The summed E-state index contributed by atoms with van der Waals surface area (Å²) in [6.45, 7) is 2.94. The molecule has 0 atom stereocenters. The fourth-order valence-corrected chi connectivity index (χ4v) is 2.66. The van der Waals surface area contributed by atoms with Gasteiger partial charge < -0.3 is 19.5 Å². The number of carbonyl (C=O) groups excluding carboxylic acids is 1. The highest BCUT2D eigenvalue weighted by molar-refractivity contribution is 5.92. The van der Waals surface area contributed by atoms with Crippen LogP contribution in [-0.2, 0) is 16.1 Å². The first kappa shape index (κ1) is 19.4. The van der Waals surface area contributed by atoms with E-state index >= 15 is 0 Å². The number of benzene rings is 2. The van der Waals surface area contributed by atoms with Crippen LogP contribution in [0.15, 0.2) is 42.5 Å². The number of non-ortho nitro benzene ring substituents is 1. The van der Waals surface area contributed by atoms with E-state index in [1.807, 2.05) is 31.2 Å². The fourth-order valence-electron chi connectivity index (χ4n) is 2.66. The number of aryl methyl sites for hydroxylation is 1. The summed E-state index contributed by atoms with van der Waals surface area (Å²) in [6, 6.07) is 10.4. The molecule has 0 saturated heterocycles. The Morgan fingerprint density at radius 2 is 2.11 bits per heavy atom. The van der Waals surface area contributed by atoms with Crippen molar-refractivity contribution in [1.82, 2.24) is 5.32 Å². The highest BCUT2D eigenvalue weighted by Gasteiger charge is 2.19. The number of rotatable bonds is 7. The summed E-state index contributed by atoms with van der Waals surface area (Å²) < 4.78 is 16.1. The maximum atomic E-state index is 12.0. The highest BCUT2D eigenvalue weighted by atomic mass is 16.7. The van der Waals surface area contributed by atoms with E-state index < -0.39 is 4.92 Å². The first-order valence-electron chi connectivity index (χ1n) is 8.70. The van der Waals surface area contributed by atoms with Crippen LogP contribution in [0.4, 0.5) is 5.69 Å². The number of nitrogens with one attached hydrogen (secondary N) is 1. The molecule has 2 aromatic rings. The highest BCUT2D eigenvalue weighted by Crippen LogP contribution is 2.33. The SMILES string of the molecule is Cc1ccc(OCCNC(=O)/C=C/c2cc([N+](=O)[O-])cc3c2OCOC3)cc1. The molecule has 0 aliphatic carbocycles. The van der Waals surface area contributed by atoms with E-state index in [1.54, 1.807) is 0 Å². The van der Waals surface area contributed by atoms with Crippen molar-refractivity contribution in [2.24, 2.45) is 0 Å². The van der Waals surface area contributed by atoms with Gasteiger partial charge in [0.15, 0.2) is 6.79 Å². The minimum atomic E-state index is -0.491. The number of nitrogens with zero attached hydrogens (tertiary/aromatic N) is 1. The van der Waals surface area contributed by atoms with Crippen LogP contribution < -0.4 is 14.8 Å². The van der Waals surface area contributed by atoms with Crippen molar-refractivity contribution in [3.05, 3.63) is 69.3 Å². The van der Waals surface area contributed by atoms with E-state index in [0.29, 0.717) is 30.0 Å². The van der Waals surface area contributed by atoms with E-state index in [0.717, 1.165) is 11.3 Å². The summed E-state index contributed by atoms with van der Waals surface area (Å²) >= 11 is 0. The second kappa shape index (κ2) is 9.01. The van der Waals surface area contributed by atoms with Crippen LogP contribution in [-0.4, -0.2) is 30.8 Å². The molecule has 0 spiro atoms. The lowest BCUT2D eigenvalue weighted by molar-refractivity contribution is -0.385. The summed E-state index contributed by atoms with van der Waals surface area (Å²) in [5, 5.41) is 13.8. The van der Waals surface area contributed by atoms with Gasteiger partial charge in [0.05, 0.1) is 18.1 Å². The zero-order chi connectivity index (χ0) is 19.9. The number of amides is 1. The molecule has 0 bridgehead atoms. The molecule has 0 radical (unpaired) electrons. The van der Waals surface area contributed by atoms with Gasteiger partial charge in [-0.1, -0.05) is 17.7 Å². The van der Waals surface area contributed by atoms with Crippen molar-refractivity contribution < 1.29 is 23.9 Å². The third-order valence-corrected chi connectivity index (χ3v) is 4.04. The van der Waals surface area contributed by atoms with Crippen LogP contribution in [0.5, 0.6) is 11.5 Å². The Morgan fingerprint density at radius 1 is 1.32 bits per heavy atom. The summed E-state index contributed by atoms with van der Waals surface area (Å²) in [6.07, 6.45) is 2.80. The van der Waals surface area contributed by atoms with Crippen LogP contribution in [0.1, 0.15) is 16.7 Å². The lowest BCUT2D eigenvalue weighted by Gasteiger charge is -2.19. The second-order valence-electron chi connectivity index (χ2n) is 6.18. The normalized spacial score (nSPS) is 12.9. The number of ether oxygens (including phenoxy) is 3. The number of nitro benzene ring substituents is 1. The average molecular weight is 384 g/mol. The minimum Gasteiger partial charge on any atom is -0.492 e. The van der Waals surface area contributed by atoms with Crippen LogP contribution in [0.2, 0.25) is 0 Å². The summed E-state index contributed by atoms with van der Waals surface area (Å²) in [7, 11) is 0. The van der Waals surface area contributed by atoms with Crippen LogP contribution in [0.25, 0.3) is 6.08 Å². The minimum absolute atomic E-state index is 0.0637. The van der Waals surface area contributed by atoms with E-state index in [-0.39, 0.29) is 25.0 Å². The predicted molar refractivity (Wildman–Crippen MR) is 102 cm³/mol. The third-order valence-electron chi connectivity index (χ3n) is 4.04. The lowest BCUT2D eigenvalue weighted by atomic mass is 10.1. The van der Waals surface area contributed by atoms with Gasteiger partial charge in [-0.25, -0.2) is 0 Å². The van der Waals surface area contributed by atoms with Gasteiger partial charge in [0, 0.05) is 29.3 Å². The van der Waals surface area contributed by atoms with Gasteiger partial charge >= 0.3 is 0 Å². The van der Waals surface area contributed by atoms with Gasteiger partial charge in [0.1, 0.15) is 18.1 Å². The fraction of sp³-hybridized carbons (Fsp3) is 0.250. The van der Waals surface area contributed by atoms with Crippen LogP contribution in [0.3, 0.4) is 0 Å². The quantitative estimate of drug-likeness (QED) is 0.341. The van der Waals surface area contributed by atoms with Crippen molar-refractivity contribution >= 4 is 17.7 Å². The molecular formula is C20H20N2O6. The molecule has 0 aromatic heterocycles.